The van der Waals surface area contributed by atoms with Crippen LogP contribution in [0.2, 0.25) is 0 Å². The molecule has 4 aliphatic rings. The predicted molar refractivity (Wildman–Crippen MR) is 86.7 cm³/mol. The Morgan fingerprint density at radius 2 is 1.50 bits per heavy atom. The van der Waals surface area contributed by atoms with E-state index in [-0.39, 0.29) is 0 Å². The first-order valence-corrected chi connectivity index (χ1v) is 8.26. The van der Waals surface area contributed by atoms with Crippen molar-refractivity contribution in [1.82, 2.24) is 5.32 Å². The Morgan fingerprint density at radius 3 is 2.05 bits per heavy atom. The SMILES string of the molecule is S=C(Nc1ccccc1)NC12CC3CC(CC(C3)C1)C2. The molecule has 0 aromatic heterocycles. The molecule has 5 rings (SSSR count). The maximum atomic E-state index is 5.55. The van der Waals surface area contributed by atoms with Gasteiger partial charge in [0.1, 0.15) is 0 Å². The molecule has 2 N–H and O–H groups in total. The van der Waals surface area contributed by atoms with E-state index in [4.69, 9.17) is 12.2 Å². The normalized spacial score (nSPS) is 37.7. The van der Waals surface area contributed by atoms with Gasteiger partial charge in [-0.15, -0.1) is 0 Å². The highest BCUT2D eigenvalue weighted by Crippen LogP contribution is 2.55. The van der Waals surface area contributed by atoms with Gasteiger partial charge in [-0.1, -0.05) is 18.2 Å². The van der Waals surface area contributed by atoms with Gasteiger partial charge in [0.05, 0.1) is 0 Å². The third-order valence-electron chi connectivity index (χ3n) is 5.45. The van der Waals surface area contributed by atoms with Gasteiger partial charge < -0.3 is 10.6 Å². The van der Waals surface area contributed by atoms with Gasteiger partial charge in [0.25, 0.3) is 0 Å². The fourth-order valence-corrected chi connectivity index (χ4v) is 5.52. The summed E-state index contributed by atoms with van der Waals surface area (Å²) in [5.74, 6) is 2.86. The maximum absolute atomic E-state index is 5.55. The molecule has 1 aromatic carbocycles. The van der Waals surface area contributed by atoms with Gasteiger partial charge >= 0.3 is 0 Å². The van der Waals surface area contributed by atoms with Crippen molar-refractivity contribution in [2.75, 3.05) is 5.32 Å². The summed E-state index contributed by atoms with van der Waals surface area (Å²) in [4.78, 5) is 0. The van der Waals surface area contributed by atoms with Gasteiger partial charge in [0.15, 0.2) is 5.11 Å². The molecule has 0 unspecified atom stereocenters. The lowest BCUT2D eigenvalue weighted by atomic mass is 9.53. The largest absolute Gasteiger partial charge is 0.357 e. The minimum atomic E-state index is 0.299. The van der Waals surface area contributed by atoms with Crippen LogP contribution < -0.4 is 10.6 Å². The predicted octanol–water partition coefficient (Wildman–Crippen LogP) is 3.94. The van der Waals surface area contributed by atoms with E-state index >= 15 is 0 Å². The first kappa shape index (κ1) is 12.6. The van der Waals surface area contributed by atoms with Crippen LogP contribution in [0.25, 0.3) is 0 Å². The smallest absolute Gasteiger partial charge is 0.171 e. The lowest BCUT2D eigenvalue weighted by Crippen LogP contribution is -2.60. The summed E-state index contributed by atoms with van der Waals surface area (Å²) in [7, 11) is 0. The highest BCUT2D eigenvalue weighted by atomic mass is 32.1. The van der Waals surface area contributed by atoms with Crippen LogP contribution in [0.3, 0.4) is 0 Å². The fraction of sp³-hybridized carbons (Fsp3) is 0.588. The molecular weight excluding hydrogens is 264 g/mol. The van der Waals surface area contributed by atoms with Crippen molar-refractivity contribution < 1.29 is 0 Å². The Bertz CT molecular complexity index is 476. The summed E-state index contributed by atoms with van der Waals surface area (Å²) in [6.45, 7) is 0. The number of rotatable bonds is 2. The molecule has 4 saturated carbocycles. The van der Waals surface area contributed by atoms with E-state index in [2.05, 4.69) is 22.8 Å². The second-order valence-corrected chi connectivity index (χ2v) is 7.55. The van der Waals surface area contributed by atoms with E-state index in [9.17, 15) is 0 Å². The molecule has 2 nitrogen and oxygen atoms in total. The van der Waals surface area contributed by atoms with Crippen LogP contribution in [0.15, 0.2) is 30.3 Å². The summed E-state index contributed by atoms with van der Waals surface area (Å²) in [5.41, 5.74) is 1.38. The highest BCUT2D eigenvalue weighted by Gasteiger charge is 2.51. The van der Waals surface area contributed by atoms with Gasteiger partial charge in [-0.2, -0.15) is 0 Å². The number of nitrogens with one attached hydrogen (secondary N) is 2. The quantitative estimate of drug-likeness (QED) is 0.805. The van der Waals surface area contributed by atoms with E-state index in [0.717, 1.165) is 28.6 Å². The molecule has 0 spiro atoms. The monoisotopic (exact) mass is 286 g/mol. The summed E-state index contributed by atoms with van der Waals surface area (Å²) < 4.78 is 0. The van der Waals surface area contributed by atoms with Crippen LogP contribution in [0.4, 0.5) is 5.69 Å². The Labute approximate surface area is 126 Å². The summed E-state index contributed by atoms with van der Waals surface area (Å²) >= 11 is 5.55. The molecule has 0 amide bonds. The number of thiocarbonyl (C=S) groups is 1. The summed E-state index contributed by atoms with van der Waals surface area (Å²) in [6.07, 6.45) is 8.40. The van der Waals surface area contributed by atoms with Gasteiger partial charge in [0, 0.05) is 11.2 Å². The minimum Gasteiger partial charge on any atom is -0.357 e. The molecule has 0 radical (unpaired) electrons. The Kier molecular flexibility index (Phi) is 2.99. The summed E-state index contributed by atoms with van der Waals surface area (Å²) in [5, 5.41) is 7.83. The van der Waals surface area contributed by atoms with E-state index in [1.165, 1.54) is 38.5 Å². The number of para-hydroxylation sites is 1. The first-order valence-electron chi connectivity index (χ1n) is 7.85. The molecule has 3 heteroatoms. The molecule has 4 aliphatic carbocycles. The van der Waals surface area contributed by atoms with Crippen molar-refractivity contribution in [2.24, 2.45) is 17.8 Å². The van der Waals surface area contributed by atoms with Crippen LogP contribution >= 0.6 is 12.2 Å². The van der Waals surface area contributed by atoms with Gasteiger partial charge in [0.2, 0.25) is 0 Å². The maximum Gasteiger partial charge on any atom is 0.171 e. The lowest BCUT2D eigenvalue weighted by molar-refractivity contribution is -0.00972. The van der Waals surface area contributed by atoms with Crippen LogP contribution in [0.5, 0.6) is 0 Å². The molecule has 0 aliphatic heterocycles. The topological polar surface area (TPSA) is 24.1 Å². The molecule has 4 fully saturated rings. The zero-order valence-corrected chi connectivity index (χ0v) is 12.6. The summed E-state index contributed by atoms with van der Waals surface area (Å²) in [6, 6.07) is 10.2. The van der Waals surface area contributed by atoms with Crippen LogP contribution in [0, 0.1) is 17.8 Å². The zero-order chi connectivity index (χ0) is 13.6. The molecule has 0 atom stereocenters. The first-order chi connectivity index (χ1) is 9.71. The van der Waals surface area contributed by atoms with E-state index < -0.39 is 0 Å². The van der Waals surface area contributed by atoms with Crippen molar-refractivity contribution in [2.45, 2.75) is 44.1 Å². The third kappa shape index (κ3) is 2.32. The van der Waals surface area contributed by atoms with Gasteiger partial charge in [-0.05, 0) is 80.6 Å². The number of hydrogen-bond acceptors (Lipinski definition) is 1. The van der Waals surface area contributed by atoms with Gasteiger partial charge in [-0.3, -0.25) is 0 Å². The van der Waals surface area contributed by atoms with Gasteiger partial charge in [-0.25, -0.2) is 0 Å². The number of anilines is 1. The Morgan fingerprint density at radius 1 is 0.950 bits per heavy atom. The molecule has 20 heavy (non-hydrogen) atoms. The fourth-order valence-electron chi connectivity index (χ4n) is 5.19. The molecule has 4 bridgehead atoms. The van der Waals surface area contributed by atoms with Crippen LogP contribution in [0.1, 0.15) is 38.5 Å². The second-order valence-electron chi connectivity index (χ2n) is 7.14. The minimum absolute atomic E-state index is 0.299. The lowest BCUT2D eigenvalue weighted by Gasteiger charge is -2.57. The Hall–Kier alpha value is -1.09. The van der Waals surface area contributed by atoms with E-state index in [0.29, 0.717) is 5.54 Å². The Balaban J connectivity index is 1.45. The average Bonchev–Trinajstić information content (AvgIpc) is 2.37. The van der Waals surface area contributed by atoms with Crippen LogP contribution in [-0.4, -0.2) is 10.7 Å². The van der Waals surface area contributed by atoms with Crippen molar-refractivity contribution >= 4 is 23.0 Å². The van der Waals surface area contributed by atoms with Crippen molar-refractivity contribution in [3.05, 3.63) is 30.3 Å². The molecular formula is C17H22N2S. The molecule has 106 valence electrons. The van der Waals surface area contributed by atoms with Crippen molar-refractivity contribution in [3.63, 3.8) is 0 Å². The zero-order valence-electron chi connectivity index (χ0n) is 11.8. The highest BCUT2D eigenvalue weighted by molar-refractivity contribution is 7.80. The molecule has 0 heterocycles. The third-order valence-corrected chi connectivity index (χ3v) is 5.65. The van der Waals surface area contributed by atoms with Crippen molar-refractivity contribution in [3.8, 4) is 0 Å². The second kappa shape index (κ2) is 4.73. The average molecular weight is 286 g/mol. The van der Waals surface area contributed by atoms with E-state index in [1.807, 2.05) is 18.2 Å². The van der Waals surface area contributed by atoms with Crippen molar-refractivity contribution in [1.29, 1.82) is 0 Å². The molecule has 0 saturated heterocycles. The molecule has 1 aromatic rings. The standard InChI is InChI=1S/C17H22N2S/c20-16(18-15-4-2-1-3-5-15)19-17-9-12-6-13(10-17)8-14(7-12)11-17/h1-5,12-14H,6-11H2,(H2,18,19,20). The van der Waals surface area contributed by atoms with Crippen LogP contribution in [-0.2, 0) is 0 Å². The van der Waals surface area contributed by atoms with E-state index in [1.54, 1.807) is 0 Å². The number of hydrogen-bond donors (Lipinski definition) is 2. The number of benzene rings is 1.